The summed E-state index contributed by atoms with van der Waals surface area (Å²) >= 11 is 1.35. The molecule has 7 heteroatoms. The second-order valence-corrected chi connectivity index (χ2v) is 7.55. The number of thioether (sulfide) groups is 1. The lowest BCUT2D eigenvalue weighted by Gasteiger charge is -2.29. The van der Waals surface area contributed by atoms with Gasteiger partial charge in [0.05, 0.1) is 18.3 Å². The first kappa shape index (κ1) is 19.4. The molecule has 2 aromatic carbocycles. The standard InChI is InChI=1S/C20H24N4O2S/c21-17-11-18(25)23-20(22-17)27-14-19(26)24(12-15-7-3-1-4-8-15)13-16-9-5-2-6-10-16/h1-10,17,20,22H,11-14,21H2,(H,23,25). The minimum atomic E-state index is -0.379. The van der Waals surface area contributed by atoms with Crippen LogP contribution in [0.5, 0.6) is 0 Å². The topological polar surface area (TPSA) is 87.5 Å². The van der Waals surface area contributed by atoms with Gasteiger partial charge in [0.15, 0.2) is 0 Å². The maximum Gasteiger partial charge on any atom is 0.233 e. The van der Waals surface area contributed by atoms with Crippen LogP contribution in [0.25, 0.3) is 0 Å². The van der Waals surface area contributed by atoms with Gasteiger partial charge in [0.2, 0.25) is 11.8 Å². The van der Waals surface area contributed by atoms with Crippen molar-refractivity contribution < 1.29 is 9.59 Å². The van der Waals surface area contributed by atoms with Crippen LogP contribution in [0.15, 0.2) is 60.7 Å². The summed E-state index contributed by atoms with van der Waals surface area (Å²) in [5, 5.41) is 5.88. The lowest BCUT2D eigenvalue weighted by Crippen LogP contribution is -2.58. The van der Waals surface area contributed by atoms with Crippen LogP contribution in [0.1, 0.15) is 17.5 Å². The van der Waals surface area contributed by atoms with E-state index in [0.29, 0.717) is 13.1 Å². The van der Waals surface area contributed by atoms with Crippen LogP contribution in [0, 0.1) is 0 Å². The molecule has 4 N–H and O–H groups in total. The fraction of sp³-hybridized carbons (Fsp3) is 0.300. The van der Waals surface area contributed by atoms with Gasteiger partial charge in [-0.2, -0.15) is 0 Å². The molecule has 3 rings (SSSR count). The first-order valence-corrected chi connectivity index (χ1v) is 9.93. The van der Waals surface area contributed by atoms with Gasteiger partial charge in [-0.15, -0.1) is 11.8 Å². The van der Waals surface area contributed by atoms with Gasteiger partial charge in [-0.25, -0.2) is 0 Å². The third kappa shape index (κ3) is 6.09. The zero-order chi connectivity index (χ0) is 19.1. The molecule has 0 aromatic heterocycles. The summed E-state index contributed by atoms with van der Waals surface area (Å²) in [5.41, 5.74) is 7.62. The summed E-state index contributed by atoms with van der Waals surface area (Å²) in [5.74, 6) is 0.171. The molecule has 0 bridgehead atoms. The van der Waals surface area contributed by atoms with Gasteiger partial charge in [0, 0.05) is 13.1 Å². The predicted molar refractivity (Wildman–Crippen MR) is 107 cm³/mol. The van der Waals surface area contributed by atoms with E-state index in [4.69, 9.17) is 5.73 Å². The van der Waals surface area contributed by atoms with Gasteiger partial charge in [-0.1, -0.05) is 60.7 Å². The third-order valence-corrected chi connectivity index (χ3v) is 5.22. The fourth-order valence-corrected chi connectivity index (χ4v) is 3.85. The molecule has 2 unspecified atom stereocenters. The van der Waals surface area contributed by atoms with E-state index in [1.54, 1.807) is 0 Å². The molecular formula is C20H24N4O2S. The van der Waals surface area contributed by atoms with Crippen molar-refractivity contribution in [3.8, 4) is 0 Å². The Morgan fingerprint density at radius 2 is 1.59 bits per heavy atom. The largest absolute Gasteiger partial charge is 0.333 e. The highest BCUT2D eigenvalue weighted by molar-refractivity contribution is 8.00. The number of carbonyl (C=O) groups excluding carboxylic acids is 2. The Hall–Kier alpha value is -2.35. The number of nitrogens with one attached hydrogen (secondary N) is 2. The maximum absolute atomic E-state index is 12.9. The number of carbonyl (C=O) groups is 2. The molecule has 0 spiro atoms. The van der Waals surface area contributed by atoms with Crippen molar-refractivity contribution in [1.29, 1.82) is 0 Å². The van der Waals surface area contributed by atoms with Crippen molar-refractivity contribution in [3.63, 3.8) is 0 Å². The Morgan fingerprint density at radius 3 is 2.11 bits per heavy atom. The molecule has 1 heterocycles. The van der Waals surface area contributed by atoms with Crippen molar-refractivity contribution in [2.24, 2.45) is 5.73 Å². The summed E-state index contributed by atoms with van der Waals surface area (Å²) in [6.07, 6.45) is -0.129. The second kappa shape index (κ2) is 9.55. The molecule has 0 radical (unpaired) electrons. The smallest absolute Gasteiger partial charge is 0.233 e. The highest BCUT2D eigenvalue weighted by atomic mass is 32.2. The Kier molecular flexibility index (Phi) is 6.86. The molecule has 1 aliphatic rings. The molecule has 0 saturated carbocycles. The highest BCUT2D eigenvalue weighted by Gasteiger charge is 2.25. The lowest BCUT2D eigenvalue weighted by molar-refractivity contribution is -0.129. The zero-order valence-corrected chi connectivity index (χ0v) is 15.8. The van der Waals surface area contributed by atoms with Crippen molar-refractivity contribution >= 4 is 23.6 Å². The number of nitrogens with two attached hydrogens (primary N) is 1. The summed E-state index contributed by atoms with van der Waals surface area (Å²) < 4.78 is 0. The first-order valence-electron chi connectivity index (χ1n) is 8.88. The molecule has 142 valence electrons. The van der Waals surface area contributed by atoms with E-state index < -0.39 is 0 Å². The van der Waals surface area contributed by atoms with Gasteiger partial charge in [-0.3, -0.25) is 14.9 Å². The molecule has 2 amide bonds. The van der Waals surface area contributed by atoms with Crippen LogP contribution in [0.3, 0.4) is 0 Å². The van der Waals surface area contributed by atoms with Crippen LogP contribution in [0.2, 0.25) is 0 Å². The maximum atomic E-state index is 12.9. The van der Waals surface area contributed by atoms with E-state index >= 15 is 0 Å². The quantitative estimate of drug-likeness (QED) is 0.675. The third-order valence-electron chi connectivity index (χ3n) is 4.22. The van der Waals surface area contributed by atoms with Crippen LogP contribution >= 0.6 is 11.8 Å². The molecule has 27 heavy (non-hydrogen) atoms. The SMILES string of the molecule is NC1CC(=O)NC(SCC(=O)N(Cc2ccccc2)Cc2ccccc2)N1. The molecule has 0 aliphatic carbocycles. The van der Waals surface area contributed by atoms with Gasteiger partial charge in [0.25, 0.3) is 0 Å². The molecule has 1 fully saturated rings. The minimum Gasteiger partial charge on any atom is -0.333 e. The molecule has 1 saturated heterocycles. The van der Waals surface area contributed by atoms with E-state index in [2.05, 4.69) is 10.6 Å². The average Bonchev–Trinajstić information content (AvgIpc) is 2.66. The van der Waals surface area contributed by atoms with E-state index in [1.807, 2.05) is 65.6 Å². The van der Waals surface area contributed by atoms with E-state index in [0.717, 1.165) is 11.1 Å². The predicted octanol–water partition coefficient (Wildman–Crippen LogP) is 1.63. The van der Waals surface area contributed by atoms with E-state index in [-0.39, 0.29) is 35.7 Å². The highest BCUT2D eigenvalue weighted by Crippen LogP contribution is 2.15. The molecule has 2 aromatic rings. The summed E-state index contributed by atoms with van der Waals surface area (Å²) in [6.45, 7) is 1.08. The van der Waals surface area contributed by atoms with Crippen molar-refractivity contribution in [1.82, 2.24) is 15.5 Å². The monoisotopic (exact) mass is 384 g/mol. The minimum absolute atomic E-state index is 0.0166. The second-order valence-electron chi connectivity index (χ2n) is 6.46. The summed E-state index contributed by atoms with van der Waals surface area (Å²) in [7, 11) is 0. The molecule has 2 atom stereocenters. The van der Waals surface area contributed by atoms with Gasteiger partial charge < -0.3 is 16.0 Å². The van der Waals surface area contributed by atoms with Gasteiger partial charge >= 0.3 is 0 Å². The molecular weight excluding hydrogens is 360 g/mol. The number of hydrogen-bond donors (Lipinski definition) is 3. The number of rotatable bonds is 7. The normalized spacial score (nSPS) is 19.4. The zero-order valence-electron chi connectivity index (χ0n) is 15.0. The van der Waals surface area contributed by atoms with Crippen LogP contribution in [-0.2, 0) is 22.7 Å². The van der Waals surface area contributed by atoms with Gasteiger partial charge in [0.1, 0.15) is 5.50 Å². The molecule has 1 aliphatic heterocycles. The van der Waals surface area contributed by atoms with Crippen LogP contribution < -0.4 is 16.4 Å². The summed E-state index contributed by atoms with van der Waals surface area (Å²) in [6, 6.07) is 19.9. The number of nitrogens with zero attached hydrogens (tertiary/aromatic N) is 1. The molecule has 6 nitrogen and oxygen atoms in total. The number of benzene rings is 2. The Morgan fingerprint density at radius 1 is 1.04 bits per heavy atom. The van der Waals surface area contributed by atoms with Crippen LogP contribution in [0.4, 0.5) is 0 Å². The van der Waals surface area contributed by atoms with E-state index in [1.165, 1.54) is 11.8 Å². The van der Waals surface area contributed by atoms with Gasteiger partial charge in [-0.05, 0) is 11.1 Å². The Bertz CT molecular complexity index is 716. The van der Waals surface area contributed by atoms with Crippen molar-refractivity contribution in [3.05, 3.63) is 71.8 Å². The van der Waals surface area contributed by atoms with Crippen molar-refractivity contribution in [2.75, 3.05) is 5.75 Å². The number of amides is 2. The van der Waals surface area contributed by atoms with E-state index in [9.17, 15) is 9.59 Å². The Labute approximate surface area is 163 Å². The first-order chi connectivity index (χ1) is 13.1. The lowest BCUT2D eigenvalue weighted by atomic mass is 10.1. The van der Waals surface area contributed by atoms with Crippen LogP contribution in [-0.4, -0.2) is 34.1 Å². The number of hydrogen-bond acceptors (Lipinski definition) is 5. The Balaban J connectivity index is 1.63. The average molecular weight is 385 g/mol. The fourth-order valence-electron chi connectivity index (χ4n) is 2.88. The summed E-state index contributed by atoms with van der Waals surface area (Å²) in [4.78, 5) is 26.3. The van der Waals surface area contributed by atoms with Crippen molar-refractivity contribution in [2.45, 2.75) is 31.2 Å².